The first-order valence-corrected chi connectivity index (χ1v) is 6.99. The monoisotopic (exact) mass is 285 g/mol. The smallest absolute Gasteiger partial charge is 0.131 e. The molecule has 1 atom stereocenters. The summed E-state index contributed by atoms with van der Waals surface area (Å²) >= 11 is 0. The van der Waals surface area contributed by atoms with Crippen LogP contribution in [0.25, 0.3) is 0 Å². The summed E-state index contributed by atoms with van der Waals surface area (Å²) in [6.07, 6.45) is 0.972. The first-order chi connectivity index (χ1) is 10.0. The van der Waals surface area contributed by atoms with Crippen molar-refractivity contribution in [3.05, 3.63) is 71.5 Å². The van der Waals surface area contributed by atoms with Gasteiger partial charge in [0.15, 0.2) is 0 Å². The molecule has 0 aliphatic rings. The Hall–Kier alpha value is -2.00. The van der Waals surface area contributed by atoms with Crippen LogP contribution in [0.5, 0.6) is 0 Å². The molecule has 0 amide bonds. The van der Waals surface area contributed by atoms with Crippen molar-refractivity contribution >= 4 is 6.29 Å². The van der Waals surface area contributed by atoms with E-state index < -0.39 is 5.41 Å². The van der Waals surface area contributed by atoms with Crippen molar-refractivity contribution < 1.29 is 9.18 Å². The summed E-state index contributed by atoms with van der Waals surface area (Å²) < 4.78 is 13.7. The van der Waals surface area contributed by atoms with E-state index in [1.807, 2.05) is 55.3 Å². The van der Waals surface area contributed by atoms with Crippen molar-refractivity contribution in [3.8, 4) is 0 Å². The van der Waals surface area contributed by atoms with Crippen molar-refractivity contribution in [2.75, 3.05) is 13.6 Å². The number of hydrogen-bond donors (Lipinski definition) is 0. The molecule has 0 saturated heterocycles. The fourth-order valence-electron chi connectivity index (χ4n) is 2.55. The molecular formula is C18H20FNO. The molecule has 0 aliphatic carbocycles. The molecular weight excluding hydrogens is 265 g/mol. The lowest BCUT2D eigenvalue weighted by Gasteiger charge is -2.29. The molecule has 2 aromatic rings. The van der Waals surface area contributed by atoms with Crippen LogP contribution < -0.4 is 0 Å². The molecule has 0 saturated carbocycles. The standard InChI is InChI=1S/C18H20FNO/c1-18(14-21,16-9-4-3-5-10-16)13-20(2)12-15-8-6-7-11-17(15)19/h3-11,14H,12-13H2,1-2H3. The molecule has 2 aromatic carbocycles. The molecule has 0 N–H and O–H groups in total. The summed E-state index contributed by atoms with van der Waals surface area (Å²) in [5.74, 6) is -0.211. The second-order valence-corrected chi connectivity index (χ2v) is 5.67. The van der Waals surface area contributed by atoms with E-state index in [1.54, 1.807) is 12.1 Å². The minimum absolute atomic E-state index is 0.211. The van der Waals surface area contributed by atoms with Gasteiger partial charge >= 0.3 is 0 Å². The van der Waals surface area contributed by atoms with Gasteiger partial charge in [-0.25, -0.2) is 4.39 Å². The van der Waals surface area contributed by atoms with E-state index in [4.69, 9.17) is 0 Å². The normalized spacial score (nSPS) is 13.9. The maximum absolute atomic E-state index is 13.7. The number of aldehydes is 1. The average molecular weight is 285 g/mol. The third kappa shape index (κ3) is 3.76. The molecule has 0 radical (unpaired) electrons. The van der Waals surface area contributed by atoms with Crippen LogP contribution in [0.3, 0.4) is 0 Å². The molecule has 3 heteroatoms. The van der Waals surface area contributed by atoms with Crippen molar-refractivity contribution in [1.29, 1.82) is 0 Å². The van der Waals surface area contributed by atoms with Crippen LogP contribution in [0, 0.1) is 5.82 Å². The lowest BCUT2D eigenvalue weighted by atomic mass is 9.83. The molecule has 0 bridgehead atoms. The van der Waals surface area contributed by atoms with E-state index in [-0.39, 0.29) is 5.82 Å². The quantitative estimate of drug-likeness (QED) is 0.758. The third-order valence-corrected chi connectivity index (χ3v) is 3.69. The summed E-state index contributed by atoms with van der Waals surface area (Å²) in [4.78, 5) is 13.6. The largest absolute Gasteiger partial charge is 0.302 e. The minimum Gasteiger partial charge on any atom is -0.302 e. The average Bonchev–Trinajstić information content (AvgIpc) is 2.50. The molecule has 2 nitrogen and oxygen atoms in total. The first-order valence-electron chi connectivity index (χ1n) is 6.99. The van der Waals surface area contributed by atoms with Crippen LogP contribution in [-0.2, 0) is 16.8 Å². The Morgan fingerprint density at radius 3 is 2.33 bits per heavy atom. The molecule has 110 valence electrons. The summed E-state index contributed by atoms with van der Waals surface area (Å²) in [6, 6.07) is 16.4. The van der Waals surface area contributed by atoms with Crippen molar-refractivity contribution in [2.45, 2.75) is 18.9 Å². The SMILES string of the molecule is CN(Cc1ccccc1F)CC(C)(C=O)c1ccccc1. The van der Waals surface area contributed by atoms with E-state index in [2.05, 4.69) is 0 Å². The highest BCUT2D eigenvalue weighted by Crippen LogP contribution is 2.23. The molecule has 0 fully saturated rings. The Morgan fingerprint density at radius 2 is 1.71 bits per heavy atom. The molecule has 0 aromatic heterocycles. The number of likely N-dealkylation sites (N-methyl/N-ethyl adjacent to an activating group) is 1. The van der Waals surface area contributed by atoms with E-state index in [0.717, 1.165) is 11.8 Å². The fraction of sp³-hybridized carbons (Fsp3) is 0.278. The summed E-state index contributed by atoms with van der Waals surface area (Å²) in [7, 11) is 1.90. The number of rotatable bonds is 6. The van der Waals surface area contributed by atoms with Gasteiger partial charge in [-0.05, 0) is 25.6 Å². The summed E-state index contributed by atoms with van der Waals surface area (Å²) in [5.41, 5.74) is 1.02. The predicted molar refractivity (Wildman–Crippen MR) is 82.6 cm³/mol. The minimum atomic E-state index is -0.596. The van der Waals surface area contributed by atoms with E-state index in [9.17, 15) is 9.18 Å². The fourth-order valence-corrected chi connectivity index (χ4v) is 2.55. The van der Waals surface area contributed by atoms with Crippen molar-refractivity contribution in [3.63, 3.8) is 0 Å². The molecule has 0 heterocycles. The Labute approximate surface area is 125 Å². The Morgan fingerprint density at radius 1 is 1.10 bits per heavy atom. The Kier molecular flexibility index (Phi) is 4.86. The van der Waals surface area contributed by atoms with E-state index >= 15 is 0 Å². The number of benzene rings is 2. The second kappa shape index (κ2) is 6.64. The predicted octanol–water partition coefficient (Wildman–Crippen LogP) is 3.41. The van der Waals surface area contributed by atoms with Gasteiger partial charge in [-0.15, -0.1) is 0 Å². The number of halogens is 1. The van der Waals surface area contributed by atoms with Gasteiger partial charge in [-0.2, -0.15) is 0 Å². The summed E-state index contributed by atoms with van der Waals surface area (Å²) in [5, 5.41) is 0. The maximum Gasteiger partial charge on any atom is 0.131 e. The van der Waals surface area contributed by atoms with Gasteiger partial charge in [0.2, 0.25) is 0 Å². The Bertz CT molecular complexity index is 599. The van der Waals surface area contributed by atoms with Crippen molar-refractivity contribution in [2.24, 2.45) is 0 Å². The van der Waals surface area contributed by atoms with Crippen LogP contribution in [0.4, 0.5) is 4.39 Å². The molecule has 21 heavy (non-hydrogen) atoms. The zero-order chi connectivity index (χ0) is 15.3. The van der Waals surface area contributed by atoms with Crippen molar-refractivity contribution in [1.82, 2.24) is 4.90 Å². The van der Waals surface area contributed by atoms with Gasteiger partial charge in [-0.3, -0.25) is 0 Å². The first kappa shape index (κ1) is 15.4. The van der Waals surface area contributed by atoms with Gasteiger partial charge in [0.05, 0.1) is 5.41 Å². The zero-order valence-electron chi connectivity index (χ0n) is 12.4. The van der Waals surface area contributed by atoms with Crippen LogP contribution in [0.2, 0.25) is 0 Å². The van der Waals surface area contributed by atoms with E-state index in [0.29, 0.717) is 18.7 Å². The van der Waals surface area contributed by atoms with Gasteiger partial charge in [0.25, 0.3) is 0 Å². The molecule has 0 aliphatic heterocycles. The topological polar surface area (TPSA) is 20.3 Å². The Balaban J connectivity index is 2.12. The summed E-state index contributed by atoms with van der Waals surface area (Å²) in [6.45, 7) is 2.92. The van der Waals surface area contributed by atoms with Crippen LogP contribution >= 0.6 is 0 Å². The number of hydrogen-bond acceptors (Lipinski definition) is 2. The van der Waals surface area contributed by atoms with Crippen LogP contribution in [-0.4, -0.2) is 24.8 Å². The van der Waals surface area contributed by atoms with E-state index in [1.165, 1.54) is 6.07 Å². The maximum atomic E-state index is 13.7. The number of carbonyl (C=O) groups excluding carboxylic acids is 1. The third-order valence-electron chi connectivity index (χ3n) is 3.69. The van der Waals surface area contributed by atoms with Crippen LogP contribution in [0.1, 0.15) is 18.1 Å². The highest BCUT2D eigenvalue weighted by molar-refractivity contribution is 5.68. The highest BCUT2D eigenvalue weighted by atomic mass is 19.1. The molecule has 1 unspecified atom stereocenters. The zero-order valence-corrected chi connectivity index (χ0v) is 12.4. The second-order valence-electron chi connectivity index (χ2n) is 5.67. The molecule has 0 spiro atoms. The molecule has 2 rings (SSSR count). The lowest BCUT2D eigenvalue weighted by molar-refractivity contribution is -0.112. The van der Waals surface area contributed by atoms with Gasteiger partial charge in [0.1, 0.15) is 12.1 Å². The van der Waals surface area contributed by atoms with Gasteiger partial charge in [0, 0.05) is 18.7 Å². The number of carbonyl (C=O) groups is 1. The lowest BCUT2D eigenvalue weighted by Crippen LogP contribution is -2.38. The van der Waals surface area contributed by atoms with Crippen LogP contribution in [0.15, 0.2) is 54.6 Å². The highest BCUT2D eigenvalue weighted by Gasteiger charge is 2.27. The van der Waals surface area contributed by atoms with Gasteiger partial charge in [-0.1, -0.05) is 48.5 Å². The number of nitrogens with zero attached hydrogens (tertiary/aromatic N) is 1. The van der Waals surface area contributed by atoms with Gasteiger partial charge < -0.3 is 9.69 Å².